The summed E-state index contributed by atoms with van der Waals surface area (Å²) in [5.41, 5.74) is 4.28. The fraction of sp³-hybridized carbons (Fsp3) is 0.429. The summed E-state index contributed by atoms with van der Waals surface area (Å²) in [5.74, 6) is 1.06. The first-order valence-corrected chi connectivity index (χ1v) is 5.69. The van der Waals surface area contributed by atoms with Crippen LogP contribution in [0.15, 0.2) is 29.8 Å². The van der Waals surface area contributed by atoms with Crippen LogP contribution in [0.25, 0.3) is 5.57 Å². The molecular formula is C14H16O. The molecule has 1 aromatic carbocycles. The van der Waals surface area contributed by atoms with Gasteiger partial charge in [-0.2, -0.15) is 0 Å². The minimum Gasteiger partial charge on any atom is -0.483 e. The Balaban J connectivity index is 2.23. The zero-order chi connectivity index (χ0) is 10.5. The fourth-order valence-electron chi connectivity index (χ4n) is 2.85. The summed E-state index contributed by atoms with van der Waals surface area (Å²) < 4.78 is 6.08. The summed E-state index contributed by atoms with van der Waals surface area (Å²) in [6.07, 6.45) is 3.71. The van der Waals surface area contributed by atoms with Gasteiger partial charge in [0.05, 0.1) is 0 Å². The molecule has 1 aliphatic carbocycles. The Morgan fingerprint density at radius 1 is 1.13 bits per heavy atom. The van der Waals surface area contributed by atoms with E-state index in [4.69, 9.17) is 4.74 Å². The second-order valence-electron chi connectivity index (χ2n) is 4.92. The van der Waals surface area contributed by atoms with Crippen LogP contribution >= 0.6 is 0 Å². The highest BCUT2D eigenvalue weighted by molar-refractivity contribution is 5.77. The molecule has 3 rings (SSSR count). The molecule has 0 radical (unpaired) electrons. The maximum absolute atomic E-state index is 6.08. The van der Waals surface area contributed by atoms with Gasteiger partial charge in [0.2, 0.25) is 0 Å². The Morgan fingerprint density at radius 3 is 2.80 bits per heavy atom. The van der Waals surface area contributed by atoms with Crippen LogP contribution in [-0.4, -0.2) is 5.60 Å². The normalized spacial score (nSPS) is 22.0. The number of rotatable bonds is 0. The quantitative estimate of drug-likeness (QED) is 0.619. The van der Waals surface area contributed by atoms with E-state index in [0.29, 0.717) is 0 Å². The van der Waals surface area contributed by atoms with Crippen molar-refractivity contribution in [3.8, 4) is 5.75 Å². The molecule has 1 aliphatic heterocycles. The van der Waals surface area contributed by atoms with Crippen molar-refractivity contribution < 1.29 is 4.74 Å². The molecule has 0 spiro atoms. The summed E-state index contributed by atoms with van der Waals surface area (Å²) in [4.78, 5) is 0. The number of fused-ring (bicyclic) bond motifs is 2. The van der Waals surface area contributed by atoms with E-state index in [1.165, 1.54) is 30.4 Å². The van der Waals surface area contributed by atoms with Crippen molar-refractivity contribution in [2.45, 2.75) is 38.7 Å². The van der Waals surface area contributed by atoms with Gasteiger partial charge in [-0.3, -0.25) is 0 Å². The van der Waals surface area contributed by atoms with Crippen LogP contribution in [0, 0.1) is 0 Å². The molecule has 0 fully saturated rings. The predicted octanol–water partition coefficient (Wildman–Crippen LogP) is 3.80. The van der Waals surface area contributed by atoms with E-state index in [0.717, 1.165) is 5.75 Å². The summed E-state index contributed by atoms with van der Waals surface area (Å²) in [6.45, 7) is 4.37. The van der Waals surface area contributed by atoms with Gasteiger partial charge >= 0.3 is 0 Å². The van der Waals surface area contributed by atoms with Gasteiger partial charge in [-0.15, -0.1) is 0 Å². The van der Waals surface area contributed by atoms with Crippen molar-refractivity contribution >= 4 is 5.57 Å². The molecule has 0 atom stereocenters. The molecule has 1 heterocycles. The zero-order valence-electron chi connectivity index (χ0n) is 9.34. The number of allylic oxidation sites excluding steroid dienone is 1. The molecule has 1 aromatic rings. The summed E-state index contributed by atoms with van der Waals surface area (Å²) in [7, 11) is 0. The number of benzene rings is 1. The third-order valence-corrected chi connectivity index (χ3v) is 3.52. The second-order valence-corrected chi connectivity index (χ2v) is 4.92. The van der Waals surface area contributed by atoms with Gasteiger partial charge in [0, 0.05) is 5.56 Å². The molecule has 0 unspecified atom stereocenters. The monoisotopic (exact) mass is 200 g/mol. The largest absolute Gasteiger partial charge is 0.483 e. The van der Waals surface area contributed by atoms with Gasteiger partial charge < -0.3 is 4.74 Å². The fourth-order valence-corrected chi connectivity index (χ4v) is 2.85. The molecule has 78 valence electrons. The first-order chi connectivity index (χ1) is 7.18. The van der Waals surface area contributed by atoms with Crippen molar-refractivity contribution in [2.24, 2.45) is 0 Å². The maximum Gasteiger partial charge on any atom is 0.128 e. The zero-order valence-corrected chi connectivity index (χ0v) is 9.34. The van der Waals surface area contributed by atoms with Gasteiger partial charge in [-0.05, 0) is 50.3 Å². The lowest BCUT2D eigenvalue weighted by atomic mass is 9.88. The van der Waals surface area contributed by atoms with Crippen molar-refractivity contribution in [3.05, 3.63) is 35.4 Å². The third kappa shape index (κ3) is 1.22. The summed E-state index contributed by atoms with van der Waals surface area (Å²) in [6, 6.07) is 8.42. The Hall–Kier alpha value is -1.24. The van der Waals surface area contributed by atoms with Crippen molar-refractivity contribution in [3.63, 3.8) is 0 Å². The SMILES string of the molecule is CC1(C)Oc2ccccc2C2=C1CCC2. The van der Waals surface area contributed by atoms with Gasteiger partial charge in [-0.1, -0.05) is 18.2 Å². The van der Waals surface area contributed by atoms with E-state index in [2.05, 4.69) is 38.1 Å². The van der Waals surface area contributed by atoms with Gasteiger partial charge in [-0.25, -0.2) is 0 Å². The lowest BCUT2D eigenvalue weighted by Gasteiger charge is -2.34. The molecular weight excluding hydrogens is 184 g/mol. The maximum atomic E-state index is 6.08. The Bertz CT molecular complexity index is 440. The predicted molar refractivity (Wildman–Crippen MR) is 61.9 cm³/mol. The Morgan fingerprint density at radius 2 is 1.93 bits per heavy atom. The molecule has 0 saturated heterocycles. The molecule has 0 amide bonds. The lowest BCUT2D eigenvalue weighted by Crippen LogP contribution is -2.33. The van der Waals surface area contributed by atoms with Crippen LogP contribution in [0.2, 0.25) is 0 Å². The van der Waals surface area contributed by atoms with Crippen LogP contribution in [0.4, 0.5) is 0 Å². The van der Waals surface area contributed by atoms with Crippen LogP contribution in [0.3, 0.4) is 0 Å². The van der Waals surface area contributed by atoms with Crippen LogP contribution in [-0.2, 0) is 0 Å². The number of para-hydroxylation sites is 1. The average molecular weight is 200 g/mol. The molecule has 1 heteroatoms. The number of ether oxygens (including phenoxy) is 1. The summed E-state index contributed by atoms with van der Waals surface area (Å²) in [5, 5.41) is 0. The van der Waals surface area contributed by atoms with Crippen LogP contribution in [0.1, 0.15) is 38.7 Å². The highest BCUT2D eigenvalue weighted by Gasteiger charge is 2.36. The second kappa shape index (κ2) is 2.88. The first-order valence-electron chi connectivity index (χ1n) is 5.69. The van der Waals surface area contributed by atoms with Crippen molar-refractivity contribution in [1.82, 2.24) is 0 Å². The van der Waals surface area contributed by atoms with Crippen LogP contribution in [0.5, 0.6) is 5.75 Å². The molecule has 2 aliphatic rings. The molecule has 1 nitrogen and oxygen atoms in total. The van der Waals surface area contributed by atoms with E-state index < -0.39 is 0 Å². The van der Waals surface area contributed by atoms with E-state index in [9.17, 15) is 0 Å². The van der Waals surface area contributed by atoms with E-state index in [1.807, 2.05) is 0 Å². The molecule has 0 aromatic heterocycles. The van der Waals surface area contributed by atoms with Crippen LogP contribution < -0.4 is 4.74 Å². The molecule has 0 N–H and O–H groups in total. The Labute approximate surface area is 90.8 Å². The van der Waals surface area contributed by atoms with Gasteiger partial charge in [0.25, 0.3) is 0 Å². The molecule has 0 bridgehead atoms. The minimum absolute atomic E-state index is 0.0970. The highest BCUT2D eigenvalue weighted by Crippen LogP contribution is 2.47. The average Bonchev–Trinajstić information content (AvgIpc) is 2.66. The van der Waals surface area contributed by atoms with Crippen molar-refractivity contribution in [1.29, 1.82) is 0 Å². The van der Waals surface area contributed by atoms with E-state index in [-0.39, 0.29) is 5.60 Å². The first kappa shape index (κ1) is 9.02. The smallest absolute Gasteiger partial charge is 0.128 e. The molecule has 15 heavy (non-hydrogen) atoms. The standard InChI is InChI=1S/C14H16O/c1-14(2)12-8-5-7-10(12)11-6-3-4-9-13(11)15-14/h3-4,6,9H,5,7-8H2,1-2H3. The lowest BCUT2D eigenvalue weighted by molar-refractivity contribution is 0.142. The highest BCUT2D eigenvalue weighted by atomic mass is 16.5. The molecule has 0 saturated carbocycles. The Kier molecular flexibility index (Phi) is 1.73. The number of hydrogen-bond acceptors (Lipinski definition) is 1. The third-order valence-electron chi connectivity index (χ3n) is 3.52. The minimum atomic E-state index is -0.0970. The van der Waals surface area contributed by atoms with E-state index >= 15 is 0 Å². The number of hydrogen-bond donors (Lipinski definition) is 0. The van der Waals surface area contributed by atoms with Crippen molar-refractivity contribution in [2.75, 3.05) is 0 Å². The summed E-state index contributed by atoms with van der Waals surface area (Å²) >= 11 is 0. The topological polar surface area (TPSA) is 9.23 Å². The van der Waals surface area contributed by atoms with E-state index in [1.54, 1.807) is 5.57 Å². The van der Waals surface area contributed by atoms with Gasteiger partial charge in [0.15, 0.2) is 0 Å². The van der Waals surface area contributed by atoms with Gasteiger partial charge in [0.1, 0.15) is 11.4 Å².